The Morgan fingerprint density at radius 2 is 1.72 bits per heavy atom. The molecular weight excluding hydrogens is 439 g/mol. The van der Waals surface area contributed by atoms with Crippen LogP contribution in [-0.2, 0) is 0 Å². The van der Waals surface area contributed by atoms with E-state index in [4.69, 9.17) is 23.2 Å². The minimum absolute atomic E-state index is 0.0611. The standard InChI is InChI=1S/C18H12Cl2F4N2O3/c19-9-3-6-11(12(20)7-9)14-13(15(27)8-1-4-10(21)5-2-8)17(29,18(22,23)24)26-16(28)25-14/h1-7,13-14,29H,(H2,25,26,28)/t13-,14-,17-/m0/s1. The molecule has 3 N–H and O–H groups in total. The first-order valence-electron chi connectivity index (χ1n) is 8.06. The Bertz CT molecular complexity index is 969. The largest absolute Gasteiger partial charge is 0.437 e. The summed E-state index contributed by atoms with van der Waals surface area (Å²) in [6.07, 6.45) is -5.41. The van der Waals surface area contributed by atoms with Crippen LogP contribution in [-0.4, -0.2) is 28.8 Å². The second kappa shape index (κ2) is 7.47. The van der Waals surface area contributed by atoms with Crippen molar-refractivity contribution < 1.29 is 32.3 Å². The third-order valence-electron chi connectivity index (χ3n) is 4.52. The first kappa shape index (κ1) is 21.4. The molecule has 3 rings (SSSR count). The Balaban J connectivity index is 2.19. The Labute approximate surface area is 171 Å². The molecule has 1 saturated heterocycles. The highest BCUT2D eigenvalue weighted by Crippen LogP contribution is 2.45. The number of benzene rings is 2. The third-order valence-corrected chi connectivity index (χ3v) is 5.08. The molecule has 0 unspecified atom stereocenters. The van der Waals surface area contributed by atoms with Gasteiger partial charge in [-0.1, -0.05) is 29.3 Å². The third kappa shape index (κ3) is 3.90. The summed E-state index contributed by atoms with van der Waals surface area (Å²) < 4.78 is 54.5. The number of hydrogen-bond acceptors (Lipinski definition) is 3. The van der Waals surface area contributed by atoms with Gasteiger partial charge < -0.3 is 15.7 Å². The van der Waals surface area contributed by atoms with Crippen LogP contribution in [0.3, 0.4) is 0 Å². The summed E-state index contributed by atoms with van der Waals surface area (Å²) in [6, 6.07) is 4.49. The second-order valence-electron chi connectivity index (χ2n) is 6.35. The molecule has 0 aliphatic carbocycles. The SMILES string of the molecule is O=C1N[C@@H](c2ccc(Cl)cc2Cl)[C@@H](C(=O)c2ccc(F)cc2)[C@](O)(C(F)(F)F)N1. The molecule has 0 radical (unpaired) electrons. The van der Waals surface area contributed by atoms with Gasteiger partial charge in [-0.2, -0.15) is 13.2 Å². The molecule has 154 valence electrons. The molecule has 1 fully saturated rings. The summed E-state index contributed by atoms with van der Waals surface area (Å²) in [6.45, 7) is 0. The molecule has 1 heterocycles. The molecule has 11 heteroatoms. The summed E-state index contributed by atoms with van der Waals surface area (Å²) in [5, 5.41) is 14.1. The van der Waals surface area contributed by atoms with Gasteiger partial charge in [0.25, 0.3) is 0 Å². The Kier molecular flexibility index (Phi) is 5.50. The number of hydrogen-bond donors (Lipinski definition) is 3. The van der Waals surface area contributed by atoms with Crippen LogP contribution in [0.2, 0.25) is 10.0 Å². The number of carbonyl (C=O) groups excluding carboxylic acids is 2. The monoisotopic (exact) mass is 450 g/mol. The number of alkyl halides is 3. The smallest absolute Gasteiger partial charge is 0.363 e. The maximum absolute atomic E-state index is 13.8. The van der Waals surface area contributed by atoms with Crippen LogP contribution in [0.1, 0.15) is 22.0 Å². The highest BCUT2D eigenvalue weighted by molar-refractivity contribution is 6.35. The van der Waals surface area contributed by atoms with Crippen LogP contribution < -0.4 is 10.6 Å². The van der Waals surface area contributed by atoms with Gasteiger partial charge in [-0.3, -0.25) is 4.79 Å². The van der Waals surface area contributed by atoms with E-state index in [0.29, 0.717) is 0 Å². The normalized spacial score (nSPS) is 24.6. The number of urea groups is 1. The van der Waals surface area contributed by atoms with E-state index in [1.165, 1.54) is 23.5 Å². The quantitative estimate of drug-likeness (QED) is 0.483. The summed E-state index contributed by atoms with van der Waals surface area (Å²) >= 11 is 11.9. The van der Waals surface area contributed by atoms with Crippen LogP contribution in [0.15, 0.2) is 42.5 Å². The number of carbonyl (C=O) groups is 2. The lowest BCUT2D eigenvalue weighted by Gasteiger charge is -2.45. The molecular formula is C18H12Cl2F4N2O3. The molecule has 29 heavy (non-hydrogen) atoms. The number of aliphatic hydroxyl groups is 1. The highest BCUT2D eigenvalue weighted by atomic mass is 35.5. The van der Waals surface area contributed by atoms with Crippen molar-refractivity contribution in [2.24, 2.45) is 5.92 Å². The molecule has 1 aliphatic heterocycles. The van der Waals surface area contributed by atoms with Gasteiger partial charge in [0.2, 0.25) is 5.72 Å². The van der Waals surface area contributed by atoms with Crippen molar-refractivity contribution in [3.05, 3.63) is 69.5 Å². The predicted molar refractivity (Wildman–Crippen MR) is 96.1 cm³/mol. The van der Waals surface area contributed by atoms with Crippen molar-refractivity contribution in [3.63, 3.8) is 0 Å². The van der Waals surface area contributed by atoms with Gasteiger partial charge in [0.15, 0.2) is 5.78 Å². The molecule has 0 bridgehead atoms. The molecule has 2 aromatic rings. The van der Waals surface area contributed by atoms with Gasteiger partial charge >= 0.3 is 12.2 Å². The van der Waals surface area contributed by atoms with E-state index < -0.39 is 41.5 Å². The fraction of sp³-hybridized carbons (Fsp3) is 0.222. The fourth-order valence-corrected chi connectivity index (χ4v) is 3.67. The average molecular weight is 451 g/mol. The van der Waals surface area contributed by atoms with Gasteiger partial charge in [-0.15, -0.1) is 0 Å². The molecule has 3 atom stereocenters. The van der Waals surface area contributed by atoms with Gasteiger partial charge in [-0.25, -0.2) is 9.18 Å². The molecule has 2 amide bonds. The van der Waals surface area contributed by atoms with Crippen LogP contribution in [0.5, 0.6) is 0 Å². The molecule has 0 saturated carbocycles. The summed E-state index contributed by atoms with van der Waals surface area (Å²) in [5.41, 5.74) is -4.27. The zero-order valence-corrected chi connectivity index (χ0v) is 15.7. The number of rotatable bonds is 3. The lowest BCUT2D eigenvalue weighted by molar-refractivity contribution is -0.287. The van der Waals surface area contributed by atoms with Crippen molar-refractivity contribution in [3.8, 4) is 0 Å². The summed E-state index contributed by atoms with van der Waals surface area (Å²) in [4.78, 5) is 24.9. The van der Waals surface area contributed by atoms with E-state index in [1.807, 2.05) is 0 Å². The molecule has 1 aliphatic rings. The van der Waals surface area contributed by atoms with E-state index in [9.17, 15) is 32.3 Å². The Hall–Kier alpha value is -2.36. The average Bonchev–Trinajstić information content (AvgIpc) is 2.60. The van der Waals surface area contributed by atoms with E-state index in [-0.39, 0.29) is 21.2 Å². The summed E-state index contributed by atoms with van der Waals surface area (Å²) in [5.74, 6) is -4.17. The number of ketones is 1. The van der Waals surface area contributed by atoms with E-state index in [2.05, 4.69) is 5.32 Å². The minimum atomic E-state index is -5.41. The van der Waals surface area contributed by atoms with E-state index in [1.54, 1.807) is 0 Å². The Morgan fingerprint density at radius 3 is 2.28 bits per heavy atom. The molecule has 5 nitrogen and oxygen atoms in total. The first-order valence-corrected chi connectivity index (χ1v) is 8.82. The van der Waals surface area contributed by atoms with Crippen LogP contribution >= 0.6 is 23.2 Å². The van der Waals surface area contributed by atoms with Crippen molar-refractivity contribution in [1.82, 2.24) is 10.6 Å². The maximum Gasteiger partial charge on any atom is 0.437 e. The topological polar surface area (TPSA) is 78.4 Å². The van der Waals surface area contributed by atoms with Gasteiger partial charge in [-0.05, 0) is 42.0 Å². The number of nitrogens with one attached hydrogen (secondary N) is 2. The van der Waals surface area contributed by atoms with Crippen molar-refractivity contribution in [2.45, 2.75) is 17.9 Å². The number of Topliss-reactive ketones (excluding diaryl/α,β-unsaturated/α-hetero) is 1. The van der Waals surface area contributed by atoms with E-state index in [0.717, 1.165) is 24.3 Å². The highest BCUT2D eigenvalue weighted by Gasteiger charge is 2.66. The predicted octanol–water partition coefficient (Wildman–Crippen LogP) is 4.24. The lowest BCUT2D eigenvalue weighted by Crippen LogP contribution is -2.72. The van der Waals surface area contributed by atoms with Gasteiger partial charge in [0.1, 0.15) is 11.7 Å². The van der Waals surface area contributed by atoms with Crippen LogP contribution in [0, 0.1) is 11.7 Å². The molecule has 2 aromatic carbocycles. The minimum Gasteiger partial charge on any atom is -0.363 e. The zero-order valence-electron chi connectivity index (χ0n) is 14.2. The molecule has 0 aromatic heterocycles. The van der Waals surface area contributed by atoms with Crippen molar-refractivity contribution in [2.75, 3.05) is 0 Å². The molecule has 0 spiro atoms. The second-order valence-corrected chi connectivity index (χ2v) is 7.20. The first-order chi connectivity index (χ1) is 13.4. The Morgan fingerprint density at radius 1 is 1.10 bits per heavy atom. The maximum atomic E-state index is 13.8. The van der Waals surface area contributed by atoms with Crippen LogP contribution in [0.25, 0.3) is 0 Å². The zero-order chi connectivity index (χ0) is 21.6. The van der Waals surface area contributed by atoms with Crippen molar-refractivity contribution >= 4 is 35.0 Å². The summed E-state index contributed by atoms with van der Waals surface area (Å²) in [7, 11) is 0. The van der Waals surface area contributed by atoms with Gasteiger partial charge in [0.05, 0.1) is 6.04 Å². The van der Waals surface area contributed by atoms with Crippen LogP contribution in [0.4, 0.5) is 22.4 Å². The fourth-order valence-electron chi connectivity index (χ4n) is 3.15. The van der Waals surface area contributed by atoms with Gasteiger partial charge in [0, 0.05) is 15.6 Å². The number of amides is 2. The van der Waals surface area contributed by atoms with Crippen molar-refractivity contribution in [1.29, 1.82) is 0 Å². The lowest BCUT2D eigenvalue weighted by atomic mass is 9.77. The number of halogens is 6. The van der Waals surface area contributed by atoms with E-state index >= 15 is 0 Å².